The molecule has 3 heteroatoms. The summed E-state index contributed by atoms with van der Waals surface area (Å²) < 4.78 is 1.05. The average Bonchev–Trinajstić information content (AvgIpc) is 2.19. The third-order valence-corrected chi connectivity index (χ3v) is 3.08. The maximum absolute atomic E-state index is 4.61. The Morgan fingerprint density at radius 2 is 2.00 bits per heavy atom. The van der Waals surface area contributed by atoms with E-state index in [1.54, 1.807) is 0 Å². The molecule has 0 fully saturated rings. The molecule has 0 aliphatic carbocycles. The van der Waals surface area contributed by atoms with E-state index in [0.29, 0.717) is 0 Å². The van der Waals surface area contributed by atoms with Crippen molar-refractivity contribution in [1.29, 1.82) is 0 Å². The molecule has 1 aromatic heterocycles. The van der Waals surface area contributed by atoms with Crippen LogP contribution in [-0.2, 0) is 0 Å². The number of aryl methyl sites for hydroxylation is 1. The average molecular weight is 265 g/mol. The minimum Gasteiger partial charge on any atom is -0.363 e. The molecule has 2 rings (SSSR count). The summed E-state index contributed by atoms with van der Waals surface area (Å²) in [5.74, 6) is 0.993. The number of rotatable bonds is 1. The summed E-state index contributed by atoms with van der Waals surface area (Å²) in [7, 11) is 4.01. The molecule has 0 saturated heterocycles. The molecule has 0 amide bonds. The highest BCUT2D eigenvalue weighted by atomic mass is 79.9. The van der Waals surface area contributed by atoms with Crippen LogP contribution in [0.3, 0.4) is 0 Å². The lowest BCUT2D eigenvalue weighted by molar-refractivity contribution is 1.08. The molecule has 15 heavy (non-hydrogen) atoms. The normalized spacial score (nSPS) is 10.7. The van der Waals surface area contributed by atoms with Gasteiger partial charge in [0.15, 0.2) is 0 Å². The summed E-state index contributed by atoms with van der Waals surface area (Å²) in [6.45, 7) is 2.11. The fourth-order valence-electron chi connectivity index (χ4n) is 1.59. The van der Waals surface area contributed by atoms with Crippen LogP contribution < -0.4 is 4.90 Å². The number of anilines is 1. The van der Waals surface area contributed by atoms with Gasteiger partial charge in [-0.3, -0.25) is 0 Å². The maximum atomic E-state index is 4.61. The molecule has 0 aliphatic rings. The van der Waals surface area contributed by atoms with Crippen molar-refractivity contribution >= 4 is 32.7 Å². The van der Waals surface area contributed by atoms with Gasteiger partial charge in [-0.2, -0.15) is 0 Å². The molecule has 1 aromatic carbocycles. The lowest BCUT2D eigenvalue weighted by Crippen LogP contribution is -2.10. The highest BCUT2D eigenvalue weighted by Crippen LogP contribution is 2.27. The number of benzene rings is 1. The van der Waals surface area contributed by atoms with Gasteiger partial charge in [0.05, 0.1) is 5.52 Å². The third-order valence-electron chi connectivity index (χ3n) is 2.44. The Balaban J connectivity index is 2.80. The van der Waals surface area contributed by atoms with E-state index >= 15 is 0 Å². The number of aromatic nitrogens is 1. The zero-order valence-corrected chi connectivity index (χ0v) is 10.7. The lowest BCUT2D eigenvalue weighted by atomic mass is 10.1. The standard InChI is InChI=1S/C12H13BrN2/c1-8-7-11(15(2)3)14-12-9(8)5-4-6-10(12)13/h4-7H,1-3H3. The summed E-state index contributed by atoms with van der Waals surface area (Å²) in [6.07, 6.45) is 0. The van der Waals surface area contributed by atoms with Crippen molar-refractivity contribution in [3.8, 4) is 0 Å². The molecule has 0 unspecified atom stereocenters. The van der Waals surface area contributed by atoms with Gasteiger partial charge in [-0.15, -0.1) is 0 Å². The van der Waals surface area contributed by atoms with E-state index in [0.717, 1.165) is 15.8 Å². The van der Waals surface area contributed by atoms with E-state index in [1.165, 1.54) is 10.9 Å². The van der Waals surface area contributed by atoms with Crippen molar-refractivity contribution in [3.05, 3.63) is 34.3 Å². The van der Waals surface area contributed by atoms with E-state index in [-0.39, 0.29) is 0 Å². The number of para-hydroxylation sites is 1. The van der Waals surface area contributed by atoms with Gasteiger partial charge in [-0.25, -0.2) is 4.98 Å². The second-order valence-corrected chi connectivity index (χ2v) is 4.68. The Bertz CT molecular complexity index is 506. The SMILES string of the molecule is Cc1cc(N(C)C)nc2c(Br)cccc12. The van der Waals surface area contributed by atoms with Crippen LogP contribution in [0.15, 0.2) is 28.7 Å². The summed E-state index contributed by atoms with van der Waals surface area (Å²) >= 11 is 3.53. The van der Waals surface area contributed by atoms with Gasteiger partial charge >= 0.3 is 0 Å². The highest BCUT2D eigenvalue weighted by molar-refractivity contribution is 9.10. The molecule has 0 radical (unpaired) electrons. The molecule has 2 aromatic rings. The number of hydrogen-bond acceptors (Lipinski definition) is 2. The monoisotopic (exact) mass is 264 g/mol. The summed E-state index contributed by atoms with van der Waals surface area (Å²) in [5, 5.41) is 1.20. The number of halogens is 1. The first kappa shape index (κ1) is 10.4. The topological polar surface area (TPSA) is 16.1 Å². The molecule has 0 saturated carbocycles. The van der Waals surface area contributed by atoms with Crippen LogP contribution in [-0.4, -0.2) is 19.1 Å². The van der Waals surface area contributed by atoms with Crippen LogP contribution >= 0.6 is 15.9 Å². The Labute approximate surface area is 98.1 Å². The van der Waals surface area contributed by atoms with Gasteiger partial charge in [-0.05, 0) is 40.5 Å². The van der Waals surface area contributed by atoms with Crippen molar-refractivity contribution in [3.63, 3.8) is 0 Å². The highest BCUT2D eigenvalue weighted by Gasteiger charge is 2.06. The Morgan fingerprint density at radius 1 is 1.27 bits per heavy atom. The zero-order chi connectivity index (χ0) is 11.0. The molecular weight excluding hydrogens is 252 g/mol. The largest absolute Gasteiger partial charge is 0.363 e. The summed E-state index contributed by atoms with van der Waals surface area (Å²) in [4.78, 5) is 6.63. The first-order chi connectivity index (χ1) is 7.09. The van der Waals surface area contributed by atoms with Gasteiger partial charge in [-0.1, -0.05) is 12.1 Å². The van der Waals surface area contributed by atoms with Crippen LogP contribution in [0, 0.1) is 6.92 Å². The molecular formula is C12H13BrN2. The van der Waals surface area contributed by atoms with Gasteiger partial charge in [0, 0.05) is 24.0 Å². The quantitative estimate of drug-likeness (QED) is 0.785. The molecule has 78 valence electrons. The number of nitrogens with zero attached hydrogens (tertiary/aromatic N) is 2. The summed E-state index contributed by atoms with van der Waals surface area (Å²) in [5.41, 5.74) is 2.28. The summed E-state index contributed by atoms with van der Waals surface area (Å²) in [6, 6.07) is 8.27. The van der Waals surface area contributed by atoms with Crippen LogP contribution in [0.1, 0.15) is 5.56 Å². The van der Waals surface area contributed by atoms with Crippen molar-refractivity contribution in [1.82, 2.24) is 4.98 Å². The number of fused-ring (bicyclic) bond motifs is 1. The van der Waals surface area contributed by atoms with Crippen LogP contribution in [0.4, 0.5) is 5.82 Å². The number of pyridine rings is 1. The van der Waals surface area contributed by atoms with E-state index in [9.17, 15) is 0 Å². The van der Waals surface area contributed by atoms with Crippen LogP contribution in [0.25, 0.3) is 10.9 Å². The fraction of sp³-hybridized carbons (Fsp3) is 0.250. The van der Waals surface area contributed by atoms with E-state index < -0.39 is 0 Å². The predicted octanol–water partition coefficient (Wildman–Crippen LogP) is 3.37. The predicted molar refractivity (Wildman–Crippen MR) is 68.5 cm³/mol. The minimum atomic E-state index is 0.993. The fourth-order valence-corrected chi connectivity index (χ4v) is 2.05. The second kappa shape index (κ2) is 3.81. The Morgan fingerprint density at radius 3 is 2.67 bits per heavy atom. The van der Waals surface area contributed by atoms with Crippen molar-refractivity contribution < 1.29 is 0 Å². The van der Waals surface area contributed by atoms with E-state index in [1.807, 2.05) is 31.1 Å². The van der Waals surface area contributed by atoms with E-state index in [2.05, 4.69) is 40.0 Å². The van der Waals surface area contributed by atoms with E-state index in [4.69, 9.17) is 0 Å². The second-order valence-electron chi connectivity index (χ2n) is 3.83. The van der Waals surface area contributed by atoms with Gasteiger partial charge in [0.2, 0.25) is 0 Å². The molecule has 0 N–H and O–H groups in total. The van der Waals surface area contributed by atoms with Gasteiger partial charge in [0.25, 0.3) is 0 Å². The van der Waals surface area contributed by atoms with Crippen molar-refractivity contribution in [2.75, 3.05) is 19.0 Å². The first-order valence-corrected chi connectivity index (χ1v) is 5.62. The first-order valence-electron chi connectivity index (χ1n) is 4.83. The lowest BCUT2D eigenvalue weighted by Gasteiger charge is -2.14. The molecule has 0 bridgehead atoms. The van der Waals surface area contributed by atoms with Crippen molar-refractivity contribution in [2.45, 2.75) is 6.92 Å². The van der Waals surface area contributed by atoms with Crippen molar-refractivity contribution in [2.24, 2.45) is 0 Å². The zero-order valence-electron chi connectivity index (χ0n) is 9.08. The van der Waals surface area contributed by atoms with Gasteiger partial charge < -0.3 is 4.90 Å². The smallest absolute Gasteiger partial charge is 0.129 e. The third kappa shape index (κ3) is 1.84. The minimum absolute atomic E-state index is 0.993. The Hall–Kier alpha value is -1.09. The van der Waals surface area contributed by atoms with Gasteiger partial charge in [0.1, 0.15) is 5.82 Å². The maximum Gasteiger partial charge on any atom is 0.129 e. The van der Waals surface area contributed by atoms with Crippen LogP contribution in [0.2, 0.25) is 0 Å². The molecule has 2 nitrogen and oxygen atoms in total. The molecule has 0 atom stereocenters. The number of hydrogen-bond donors (Lipinski definition) is 0. The molecule has 1 heterocycles. The molecule has 0 aliphatic heterocycles. The van der Waals surface area contributed by atoms with Crippen LogP contribution in [0.5, 0.6) is 0 Å². The Kier molecular flexibility index (Phi) is 2.65. The molecule has 0 spiro atoms.